The van der Waals surface area contributed by atoms with E-state index in [0.29, 0.717) is 24.0 Å². The predicted octanol–water partition coefficient (Wildman–Crippen LogP) is 2.15. The highest BCUT2D eigenvalue weighted by Gasteiger charge is 2.25. The summed E-state index contributed by atoms with van der Waals surface area (Å²) in [7, 11) is 1.64. The molecule has 0 saturated carbocycles. The molecule has 1 N–H and O–H groups in total. The van der Waals surface area contributed by atoms with Gasteiger partial charge < -0.3 is 9.88 Å². The number of carbonyl (C=O) groups excluding carboxylic acids is 1. The number of carbonyl (C=O) groups is 1. The van der Waals surface area contributed by atoms with Crippen LogP contribution in [0.4, 0.5) is 11.4 Å². The van der Waals surface area contributed by atoms with Crippen LogP contribution in [0.5, 0.6) is 0 Å². The standard InChI is InChI=1S/C16H15N3O4/c1-9-5-12(8-18(2)16(9)21)11-6-10-3-4-14(20)17-15(10)13(7-11)19(22)23/h5-8H,3-4H2,1-2H3,(H,17,20). The smallest absolute Gasteiger partial charge is 0.293 e. The quantitative estimate of drug-likeness (QED) is 0.679. The summed E-state index contributed by atoms with van der Waals surface area (Å²) in [6.07, 6.45) is 2.42. The van der Waals surface area contributed by atoms with E-state index in [-0.39, 0.29) is 22.8 Å². The third kappa shape index (κ3) is 2.61. The van der Waals surface area contributed by atoms with Crippen LogP contribution in [0.2, 0.25) is 0 Å². The SMILES string of the molecule is Cc1cc(-c2cc3c(c([N+](=O)[O-])c2)NC(=O)CC3)cn(C)c1=O. The average Bonchev–Trinajstić information content (AvgIpc) is 2.50. The van der Waals surface area contributed by atoms with E-state index in [2.05, 4.69) is 5.32 Å². The lowest BCUT2D eigenvalue weighted by Crippen LogP contribution is -2.20. The largest absolute Gasteiger partial charge is 0.320 e. The molecule has 118 valence electrons. The van der Waals surface area contributed by atoms with Gasteiger partial charge in [0.15, 0.2) is 0 Å². The van der Waals surface area contributed by atoms with Crippen LogP contribution < -0.4 is 10.9 Å². The molecule has 1 aromatic carbocycles. The lowest BCUT2D eigenvalue weighted by atomic mass is 9.96. The van der Waals surface area contributed by atoms with Gasteiger partial charge in [0.25, 0.3) is 11.2 Å². The molecule has 23 heavy (non-hydrogen) atoms. The molecule has 0 atom stereocenters. The maximum absolute atomic E-state index is 11.8. The number of pyridine rings is 1. The monoisotopic (exact) mass is 313 g/mol. The first-order valence-electron chi connectivity index (χ1n) is 7.15. The Balaban J connectivity index is 2.22. The van der Waals surface area contributed by atoms with Crippen LogP contribution in [0.25, 0.3) is 11.1 Å². The zero-order valence-corrected chi connectivity index (χ0v) is 12.8. The molecule has 2 heterocycles. The third-order valence-electron chi connectivity index (χ3n) is 3.98. The molecular weight excluding hydrogens is 298 g/mol. The lowest BCUT2D eigenvalue weighted by molar-refractivity contribution is -0.383. The van der Waals surface area contributed by atoms with Crippen LogP contribution in [0.3, 0.4) is 0 Å². The Labute approximate surface area is 131 Å². The number of nitro benzene ring substituents is 1. The number of nitrogens with zero attached hydrogens (tertiary/aromatic N) is 2. The van der Waals surface area contributed by atoms with Crippen molar-refractivity contribution in [2.75, 3.05) is 5.32 Å². The number of aromatic nitrogens is 1. The fourth-order valence-corrected chi connectivity index (χ4v) is 2.82. The summed E-state index contributed by atoms with van der Waals surface area (Å²) in [6, 6.07) is 4.99. The molecule has 7 heteroatoms. The average molecular weight is 313 g/mol. The van der Waals surface area contributed by atoms with Crippen LogP contribution in [-0.4, -0.2) is 15.4 Å². The van der Waals surface area contributed by atoms with Gasteiger partial charge in [0.05, 0.1) is 4.92 Å². The molecule has 0 radical (unpaired) electrons. The Kier molecular flexibility index (Phi) is 3.48. The number of hydrogen-bond donors (Lipinski definition) is 1. The fourth-order valence-electron chi connectivity index (χ4n) is 2.82. The molecule has 0 spiro atoms. The first-order valence-corrected chi connectivity index (χ1v) is 7.15. The van der Waals surface area contributed by atoms with Crippen LogP contribution >= 0.6 is 0 Å². The Morgan fingerprint density at radius 2 is 1.91 bits per heavy atom. The minimum atomic E-state index is -0.497. The van der Waals surface area contributed by atoms with Crippen molar-refractivity contribution in [3.05, 3.63) is 56.0 Å². The molecule has 1 aromatic heterocycles. The van der Waals surface area contributed by atoms with E-state index in [1.165, 1.54) is 10.6 Å². The summed E-state index contributed by atoms with van der Waals surface area (Å²) in [5, 5.41) is 13.9. The second kappa shape index (κ2) is 5.35. The molecule has 7 nitrogen and oxygen atoms in total. The molecule has 0 fully saturated rings. The van der Waals surface area contributed by atoms with Gasteiger partial charge in [-0.3, -0.25) is 19.7 Å². The normalized spacial score (nSPS) is 13.4. The molecule has 2 aromatic rings. The number of nitrogens with one attached hydrogen (secondary N) is 1. The minimum absolute atomic E-state index is 0.103. The molecular formula is C16H15N3O4. The topological polar surface area (TPSA) is 94.2 Å². The Hall–Kier alpha value is -2.96. The second-order valence-electron chi connectivity index (χ2n) is 5.66. The predicted molar refractivity (Wildman–Crippen MR) is 85.5 cm³/mol. The number of rotatable bonds is 2. The van der Waals surface area contributed by atoms with Crippen molar-refractivity contribution in [2.24, 2.45) is 7.05 Å². The Morgan fingerprint density at radius 1 is 1.17 bits per heavy atom. The van der Waals surface area contributed by atoms with E-state index < -0.39 is 4.92 Å². The van der Waals surface area contributed by atoms with Crippen LogP contribution in [-0.2, 0) is 18.3 Å². The van der Waals surface area contributed by atoms with E-state index in [9.17, 15) is 19.7 Å². The molecule has 0 unspecified atom stereocenters. The molecule has 0 saturated heterocycles. The minimum Gasteiger partial charge on any atom is -0.320 e. The van der Waals surface area contributed by atoms with Crippen LogP contribution in [0.1, 0.15) is 17.5 Å². The summed E-state index contributed by atoms with van der Waals surface area (Å²) in [5.41, 5.74) is 2.73. The second-order valence-corrected chi connectivity index (χ2v) is 5.66. The van der Waals surface area contributed by atoms with Gasteiger partial charge in [-0.15, -0.1) is 0 Å². The van der Waals surface area contributed by atoms with Crippen molar-refractivity contribution in [2.45, 2.75) is 19.8 Å². The number of benzene rings is 1. The number of anilines is 1. The molecule has 1 amide bonds. The molecule has 3 rings (SSSR count). The molecule has 0 bridgehead atoms. The number of aryl methyl sites for hydroxylation is 3. The number of amides is 1. The highest BCUT2D eigenvalue weighted by Crippen LogP contribution is 2.37. The highest BCUT2D eigenvalue weighted by molar-refractivity contribution is 5.97. The summed E-state index contributed by atoms with van der Waals surface area (Å²) in [6.45, 7) is 1.71. The van der Waals surface area contributed by atoms with Gasteiger partial charge in [-0.2, -0.15) is 0 Å². The maximum Gasteiger partial charge on any atom is 0.293 e. The number of hydrogen-bond acceptors (Lipinski definition) is 4. The summed E-state index contributed by atoms with van der Waals surface area (Å²) < 4.78 is 1.46. The zero-order chi connectivity index (χ0) is 16.7. The van der Waals surface area contributed by atoms with E-state index in [4.69, 9.17) is 0 Å². The zero-order valence-electron chi connectivity index (χ0n) is 12.8. The summed E-state index contributed by atoms with van der Waals surface area (Å²) in [4.78, 5) is 34.2. The van der Waals surface area contributed by atoms with E-state index in [1.54, 1.807) is 26.2 Å². The van der Waals surface area contributed by atoms with Gasteiger partial charge >= 0.3 is 0 Å². The first kappa shape index (κ1) is 15.0. The van der Waals surface area contributed by atoms with Crippen molar-refractivity contribution in [1.82, 2.24) is 4.57 Å². The summed E-state index contributed by atoms with van der Waals surface area (Å²) in [5.74, 6) is -0.216. The first-order chi connectivity index (χ1) is 10.9. The molecule has 1 aliphatic heterocycles. The lowest BCUT2D eigenvalue weighted by Gasteiger charge is -2.18. The van der Waals surface area contributed by atoms with Crippen molar-refractivity contribution in [3.8, 4) is 11.1 Å². The number of fused-ring (bicyclic) bond motifs is 1. The van der Waals surface area contributed by atoms with Gasteiger partial charge in [-0.25, -0.2) is 0 Å². The van der Waals surface area contributed by atoms with Crippen LogP contribution in [0, 0.1) is 17.0 Å². The van der Waals surface area contributed by atoms with Crippen molar-refractivity contribution >= 4 is 17.3 Å². The fraction of sp³-hybridized carbons (Fsp3) is 0.250. The maximum atomic E-state index is 11.8. The number of nitro groups is 1. The molecule has 1 aliphatic rings. The van der Waals surface area contributed by atoms with E-state index in [0.717, 1.165) is 11.1 Å². The molecule has 0 aliphatic carbocycles. The van der Waals surface area contributed by atoms with Gasteiger partial charge in [-0.1, -0.05) is 0 Å². The van der Waals surface area contributed by atoms with Gasteiger partial charge in [0.1, 0.15) is 5.69 Å². The van der Waals surface area contributed by atoms with E-state index >= 15 is 0 Å². The third-order valence-corrected chi connectivity index (χ3v) is 3.98. The van der Waals surface area contributed by atoms with Gasteiger partial charge in [-0.05, 0) is 42.2 Å². The Bertz CT molecular complexity index is 873. The van der Waals surface area contributed by atoms with Crippen molar-refractivity contribution in [1.29, 1.82) is 0 Å². The summed E-state index contributed by atoms with van der Waals surface area (Å²) >= 11 is 0. The van der Waals surface area contributed by atoms with Gasteiger partial charge in [0.2, 0.25) is 5.91 Å². The highest BCUT2D eigenvalue weighted by atomic mass is 16.6. The van der Waals surface area contributed by atoms with Crippen molar-refractivity contribution < 1.29 is 9.72 Å². The van der Waals surface area contributed by atoms with Crippen molar-refractivity contribution in [3.63, 3.8) is 0 Å². The Morgan fingerprint density at radius 3 is 2.57 bits per heavy atom. The van der Waals surface area contributed by atoms with E-state index in [1.807, 2.05) is 6.07 Å². The van der Waals surface area contributed by atoms with Crippen LogP contribution in [0.15, 0.2) is 29.2 Å². The van der Waals surface area contributed by atoms with Gasteiger partial charge in [0, 0.05) is 31.3 Å².